The largest absolute Gasteiger partial charge is 0.476 e. The third kappa shape index (κ3) is 3.62. The number of thioether (sulfide) groups is 1. The minimum Gasteiger partial charge on any atom is -0.476 e. The Bertz CT molecular complexity index is 661. The highest BCUT2D eigenvalue weighted by molar-refractivity contribution is 7.98. The van der Waals surface area contributed by atoms with Gasteiger partial charge in [-0.05, 0) is 19.2 Å². The van der Waals surface area contributed by atoms with Gasteiger partial charge in [-0.15, -0.1) is 10.2 Å². The summed E-state index contributed by atoms with van der Waals surface area (Å²) in [5.74, 6) is -0.612. The van der Waals surface area contributed by atoms with E-state index in [0.717, 1.165) is 0 Å². The summed E-state index contributed by atoms with van der Waals surface area (Å²) >= 11 is 1.52. The summed E-state index contributed by atoms with van der Waals surface area (Å²) in [4.78, 5) is 11.3. The fourth-order valence-corrected chi connectivity index (χ4v) is 2.75. The van der Waals surface area contributed by atoms with Crippen LogP contribution in [0.3, 0.4) is 0 Å². The summed E-state index contributed by atoms with van der Waals surface area (Å²) in [6.45, 7) is 1.93. The number of benzene rings is 1. The first kappa shape index (κ1) is 15.5. The minimum atomic E-state index is -1.15. The van der Waals surface area contributed by atoms with Gasteiger partial charge in [0.2, 0.25) is 0 Å². The van der Waals surface area contributed by atoms with Crippen molar-refractivity contribution in [2.75, 3.05) is 23.9 Å². The SMILES string of the molecule is CSCC(C)(O)CNc1c(C(=O)O)nnc2ccccc12. The van der Waals surface area contributed by atoms with Crippen LogP contribution >= 0.6 is 11.8 Å². The van der Waals surface area contributed by atoms with E-state index in [1.54, 1.807) is 25.1 Å². The Morgan fingerprint density at radius 2 is 2.10 bits per heavy atom. The maximum absolute atomic E-state index is 11.3. The number of hydrogen-bond acceptors (Lipinski definition) is 6. The van der Waals surface area contributed by atoms with Crippen molar-refractivity contribution in [3.63, 3.8) is 0 Å². The molecule has 2 aromatic rings. The molecular formula is C14H17N3O3S. The van der Waals surface area contributed by atoms with Gasteiger partial charge in [0, 0.05) is 17.7 Å². The lowest BCUT2D eigenvalue weighted by Gasteiger charge is -2.24. The molecule has 1 aromatic carbocycles. The molecule has 0 aliphatic carbocycles. The zero-order valence-electron chi connectivity index (χ0n) is 11.8. The fraction of sp³-hybridized carbons (Fsp3) is 0.357. The lowest BCUT2D eigenvalue weighted by molar-refractivity contribution is 0.0689. The molecule has 0 amide bonds. The zero-order valence-corrected chi connectivity index (χ0v) is 12.6. The molecule has 0 saturated carbocycles. The van der Waals surface area contributed by atoms with Crippen LogP contribution in [0.15, 0.2) is 24.3 Å². The molecule has 112 valence electrons. The van der Waals surface area contributed by atoms with Gasteiger partial charge >= 0.3 is 5.97 Å². The molecule has 0 aliphatic heterocycles. The third-order valence-electron chi connectivity index (χ3n) is 2.97. The van der Waals surface area contributed by atoms with Crippen molar-refractivity contribution in [1.29, 1.82) is 0 Å². The second kappa shape index (κ2) is 6.28. The quantitative estimate of drug-likeness (QED) is 0.749. The first-order valence-corrected chi connectivity index (χ1v) is 7.78. The summed E-state index contributed by atoms with van der Waals surface area (Å²) in [6.07, 6.45) is 1.90. The van der Waals surface area contributed by atoms with Gasteiger partial charge in [-0.1, -0.05) is 18.2 Å². The van der Waals surface area contributed by atoms with E-state index in [0.29, 0.717) is 22.3 Å². The van der Waals surface area contributed by atoms with Crippen molar-refractivity contribution in [3.05, 3.63) is 30.0 Å². The molecule has 6 nitrogen and oxygen atoms in total. The lowest BCUT2D eigenvalue weighted by atomic mass is 10.1. The van der Waals surface area contributed by atoms with E-state index < -0.39 is 11.6 Å². The second-order valence-corrected chi connectivity index (χ2v) is 5.90. The second-order valence-electron chi connectivity index (χ2n) is 5.03. The molecule has 0 fully saturated rings. The normalized spacial score (nSPS) is 13.9. The molecule has 1 unspecified atom stereocenters. The van der Waals surface area contributed by atoms with Crippen molar-refractivity contribution in [2.45, 2.75) is 12.5 Å². The highest BCUT2D eigenvalue weighted by Crippen LogP contribution is 2.25. The molecule has 2 rings (SSSR count). The van der Waals surface area contributed by atoms with Crippen molar-refractivity contribution < 1.29 is 15.0 Å². The maximum atomic E-state index is 11.3. The Balaban J connectivity index is 2.40. The average Bonchev–Trinajstić information content (AvgIpc) is 2.44. The molecular weight excluding hydrogens is 290 g/mol. The van der Waals surface area contributed by atoms with E-state index in [2.05, 4.69) is 15.5 Å². The highest BCUT2D eigenvalue weighted by atomic mass is 32.2. The highest BCUT2D eigenvalue weighted by Gasteiger charge is 2.22. The standard InChI is InChI=1S/C14H17N3O3S/c1-14(20,8-21-2)7-15-11-9-5-3-4-6-10(9)16-17-12(11)13(18)19/h3-6,20H,7-8H2,1-2H3,(H,15,16)(H,18,19). The number of carbonyl (C=O) groups is 1. The van der Waals surface area contributed by atoms with E-state index in [9.17, 15) is 15.0 Å². The van der Waals surface area contributed by atoms with Crippen LogP contribution in [0.1, 0.15) is 17.4 Å². The van der Waals surface area contributed by atoms with Crippen LogP contribution in [0.4, 0.5) is 5.69 Å². The van der Waals surface area contributed by atoms with Crippen LogP contribution in [0, 0.1) is 0 Å². The first-order chi connectivity index (χ1) is 9.94. The number of anilines is 1. The summed E-state index contributed by atoms with van der Waals surface area (Å²) in [5.41, 5.74) is -0.0998. The number of fused-ring (bicyclic) bond motifs is 1. The number of rotatable bonds is 6. The monoisotopic (exact) mass is 307 g/mol. The van der Waals surface area contributed by atoms with Crippen LogP contribution < -0.4 is 5.32 Å². The number of carboxylic acid groups (broad SMARTS) is 1. The van der Waals surface area contributed by atoms with Crippen LogP contribution in [0.2, 0.25) is 0 Å². The van der Waals surface area contributed by atoms with Gasteiger partial charge in [-0.2, -0.15) is 11.8 Å². The number of hydrogen-bond donors (Lipinski definition) is 3. The topological polar surface area (TPSA) is 95.3 Å². The Morgan fingerprint density at radius 1 is 1.38 bits per heavy atom. The Kier molecular flexibility index (Phi) is 4.64. The van der Waals surface area contributed by atoms with E-state index in [1.165, 1.54) is 11.8 Å². The number of aliphatic hydroxyl groups is 1. The smallest absolute Gasteiger partial charge is 0.358 e. The van der Waals surface area contributed by atoms with Gasteiger partial charge in [-0.3, -0.25) is 0 Å². The van der Waals surface area contributed by atoms with Crippen LogP contribution in [-0.2, 0) is 0 Å². The number of aromatic carboxylic acids is 1. The number of nitrogens with zero attached hydrogens (tertiary/aromatic N) is 2. The lowest BCUT2D eigenvalue weighted by Crippen LogP contribution is -2.36. The molecule has 3 N–H and O–H groups in total. The molecule has 7 heteroatoms. The van der Waals surface area contributed by atoms with E-state index in [-0.39, 0.29) is 12.2 Å². The molecule has 0 aliphatic rings. The Morgan fingerprint density at radius 3 is 2.76 bits per heavy atom. The molecule has 21 heavy (non-hydrogen) atoms. The summed E-state index contributed by atoms with van der Waals surface area (Å²) in [5, 5.41) is 30.8. The molecule has 0 bridgehead atoms. The summed E-state index contributed by atoms with van der Waals surface area (Å²) in [7, 11) is 0. The van der Waals surface area contributed by atoms with E-state index in [1.807, 2.05) is 12.3 Å². The summed E-state index contributed by atoms with van der Waals surface area (Å²) < 4.78 is 0. The molecule has 1 heterocycles. The van der Waals surface area contributed by atoms with Crippen LogP contribution in [0.25, 0.3) is 10.9 Å². The van der Waals surface area contributed by atoms with Crippen LogP contribution in [0.5, 0.6) is 0 Å². The van der Waals surface area contributed by atoms with Gasteiger partial charge in [0.1, 0.15) is 0 Å². The molecule has 1 aromatic heterocycles. The number of nitrogens with one attached hydrogen (secondary N) is 1. The maximum Gasteiger partial charge on any atom is 0.358 e. The van der Waals surface area contributed by atoms with Gasteiger partial charge in [0.15, 0.2) is 5.69 Å². The van der Waals surface area contributed by atoms with Gasteiger partial charge in [0.25, 0.3) is 0 Å². The Labute approximate surface area is 126 Å². The van der Waals surface area contributed by atoms with Gasteiger partial charge in [0.05, 0.1) is 16.8 Å². The average molecular weight is 307 g/mol. The predicted molar refractivity (Wildman–Crippen MR) is 84.0 cm³/mol. The van der Waals surface area contributed by atoms with Gasteiger partial charge < -0.3 is 15.5 Å². The molecule has 0 radical (unpaired) electrons. The number of carboxylic acids is 1. The molecule has 0 saturated heterocycles. The fourth-order valence-electron chi connectivity index (χ4n) is 2.02. The Hall–Kier alpha value is -1.86. The van der Waals surface area contributed by atoms with Gasteiger partial charge in [-0.25, -0.2) is 4.79 Å². The van der Waals surface area contributed by atoms with E-state index in [4.69, 9.17) is 0 Å². The van der Waals surface area contributed by atoms with Crippen molar-refractivity contribution in [2.24, 2.45) is 0 Å². The molecule has 0 spiro atoms. The summed E-state index contributed by atoms with van der Waals surface area (Å²) in [6, 6.07) is 7.16. The van der Waals surface area contributed by atoms with Crippen molar-refractivity contribution >= 4 is 34.3 Å². The predicted octanol–water partition coefficient (Wildman–Crippen LogP) is 1.85. The van der Waals surface area contributed by atoms with Crippen molar-refractivity contribution in [1.82, 2.24) is 10.2 Å². The van der Waals surface area contributed by atoms with Crippen LogP contribution in [-0.4, -0.2) is 50.5 Å². The zero-order chi connectivity index (χ0) is 15.5. The van der Waals surface area contributed by atoms with E-state index >= 15 is 0 Å². The minimum absolute atomic E-state index is 0.145. The first-order valence-electron chi connectivity index (χ1n) is 6.38. The molecule has 1 atom stereocenters. The third-order valence-corrected chi connectivity index (χ3v) is 3.88. The number of aromatic nitrogens is 2. The van der Waals surface area contributed by atoms with Crippen molar-refractivity contribution in [3.8, 4) is 0 Å².